The van der Waals surface area contributed by atoms with Crippen LogP contribution in [0.4, 0.5) is 0 Å². The average molecular weight is 509 g/mol. The molecule has 3 N–H and O–H groups in total. The third-order valence-corrected chi connectivity index (χ3v) is 6.65. The predicted molar refractivity (Wildman–Crippen MR) is 136 cm³/mol. The summed E-state index contributed by atoms with van der Waals surface area (Å²) in [5.74, 6) is 5.74. The first-order chi connectivity index (χ1) is 17.2. The van der Waals surface area contributed by atoms with Gasteiger partial charge in [-0.15, -0.1) is 0 Å². The minimum absolute atomic E-state index is 0.00372. The van der Waals surface area contributed by atoms with Crippen LogP contribution in [0.1, 0.15) is 34.0 Å². The molecule has 1 saturated heterocycles. The monoisotopic (exact) mass is 508 g/mol. The van der Waals surface area contributed by atoms with Crippen molar-refractivity contribution in [2.75, 3.05) is 26.5 Å². The number of rotatable bonds is 8. The Hall–Kier alpha value is -3.49. The van der Waals surface area contributed by atoms with Crippen molar-refractivity contribution >= 4 is 10.0 Å². The Kier molecular flexibility index (Phi) is 7.86. The number of aromatic amines is 1. The molecule has 0 unspecified atom stereocenters. The van der Waals surface area contributed by atoms with Crippen LogP contribution in [-0.4, -0.2) is 61.0 Å². The number of likely N-dealkylation sites (tertiary alicyclic amines) is 1. The van der Waals surface area contributed by atoms with Crippen LogP contribution in [0.25, 0.3) is 0 Å². The van der Waals surface area contributed by atoms with Gasteiger partial charge in [-0.2, -0.15) is 0 Å². The average Bonchev–Trinajstić information content (AvgIpc) is 2.82. The first-order valence-corrected chi connectivity index (χ1v) is 13.3. The molecule has 0 aliphatic carbocycles. The number of aromatic hydroxyl groups is 1. The maximum atomic E-state index is 11.9. The van der Waals surface area contributed by atoms with Crippen LogP contribution in [0.2, 0.25) is 0 Å². The van der Waals surface area contributed by atoms with Crippen molar-refractivity contribution in [2.24, 2.45) is 0 Å². The molecule has 3 aromatic rings. The Bertz CT molecular complexity index is 1420. The highest BCUT2D eigenvalue weighted by atomic mass is 32.2. The van der Waals surface area contributed by atoms with E-state index in [4.69, 9.17) is 4.74 Å². The summed E-state index contributed by atoms with van der Waals surface area (Å²) in [7, 11) is -1.83. The molecule has 0 bridgehead atoms. The van der Waals surface area contributed by atoms with E-state index in [0.717, 1.165) is 37.0 Å². The minimum atomic E-state index is -3.57. The molecule has 1 aliphatic rings. The molecule has 0 saturated carbocycles. The molecule has 36 heavy (non-hydrogen) atoms. The van der Waals surface area contributed by atoms with Gasteiger partial charge in [-0.3, -0.25) is 9.69 Å². The summed E-state index contributed by atoms with van der Waals surface area (Å²) in [5, 5.41) is 10.0. The fourth-order valence-electron chi connectivity index (χ4n) is 3.95. The number of H-pyrrole nitrogens is 1. The third kappa shape index (κ3) is 6.80. The zero-order chi connectivity index (χ0) is 25.7. The van der Waals surface area contributed by atoms with E-state index in [1.54, 1.807) is 31.4 Å². The molecule has 0 amide bonds. The number of methoxy groups -OCH3 is 1. The SMILES string of the molecule is COC1CN(Cc2ccc(C#Cc3ccc([C@@H](Cc4nc[nH]c(=O)c4O)NS(C)(=O)=O)cc3)cc2)C1. The molecule has 2 aromatic carbocycles. The molecule has 2 heterocycles. The number of aromatic nitrogens is 2. The molecule has 1 aromatic heterocycles. The molecule has 1 aliphatic heterocycles. The summed E-state index contributed by atoms with van der Waals surface area (Å²) in [4.78, 5) is 20.3. The topological polar surface area (TPSA) is 125 Å². The highest BCUT2D eigenvalue weighted by Gasteiger charge is 2.25. The maximum absolute atomic E-state index is 11.9. The first kappa shape index (κ1) is 25.6. The van der Waals surface area contributed by atoms with Gasteiger partial charge in [0.2, 0.25) is 15.8 Å². The van der Waals surface area contributed by atoms with E-state index >= 15 is 0 Å². The number of nitrogens with zero attached hydrogens (tertiary/aromatic N) is 2. The lowest BCUT2D eigenvalue weighted by atomic mass is 10.0. The lowest BCUT2D eigenvalue weighted by Gasteiger charge is -2.38. The predicted octanol–water partition coefficient (Wildman–Crippen LogP) is 1.54. The van der Waals surface area contributed by atoms with Crippen molar-refractivity contribution < 1.29 is 18.3 Å². The number of hydrogen-bond acceptors (Lipinski definition) is 7. The summed E-state index contributed by atoms with van der Waals surface area (Å²) in [6.07, 6.45) is 2.56. The van der Waals surface area contributed by atoms with E-state index < -0.39 is 27.4 Å². The molecule has 0 radical (unpaired) electrons. The molecule has 0 spiro atoms. The summed E-state index contributed by atoms with van der Waals surface area (Å²) >= 11 is 0. The van der Waals surface area contributed by atoms with Crippen LogP contribution >= 0.6 is 0 Å². The van der Waals surface area contributed by atoms with E-state index in [0.29, 0.717) is 11.7 Å². The van der Waals surface area contributed by atoms with Crippen LogP contribution in [0, 0.1) is 11.8 Å². The van der Waals surface area contributed by atoms with E-state index in [-0.39, 0.29) is 12.1 Å². The standard InChI is InChI=1S/C26H28N4O5S/c1-35-22-15-30(16-22)14-20-7-5-18(6-8-20)3-4-19-9-11-21(12-10-19)23(29-36(2,33)34)13-24-25(31)26(32)28-17-27-24/h5-12,17,22-23,29,31H,13-16H2,1-2H3,(H,27,28,32)/t23-/m1/s1. The molecule has 4 rings (SSSR count). The van der Waals surface area contributed by atoms with Crippen LogP contribution in [-0.2, 0) is 27.7 Å². The van der Waals surface area contributed by atoms with Crippen LogP contribution in [0.15, 0.2) is 59.7 Å². The van der Waals surface area contributed by atoms with E-state index in [9.17, 15) is 18.3 Å². The van der Waals surface area contributed by atoms with Gasteiger partial charge in [0.05, 0.1) is 30.4 Å². The Morgan fingerprint density at radius 3 is 2.33 bits per heavy atom. The molecule has 188 valence electrons. The van der Waals surface area contributed by atoms with Crippen LogP contribution in [0.3, 0.4) is 0 Å². The summed E-state index contributed by atoms with van der Waals surface area (Å²) in [6, 6.07) is 14.6. The highest BCUT2D eigenvalue weighted by Crippen LogP contribution is 2.22. The summed E-state index contributed by atoms with van der Waals surface area (Å²) in [5.41, 5.74) is 2.96. The van der Waals surface area contributed by atoms with Gasteiger partial charge >= 0.3 is 0 Å². The van der Waals surface area contributed by atoms with Crippen LogP contribution < -0.4 is 10.3 Å². The van der Waals surface area contributed by atoms with Gasteiger partial charge in [0, 0.05) is 44.3 Å². The fourth-order valence-corrected chi connectivity index (χ4v) is 4.69. The second kappa shape index (κ2) is 11.1. The number of sulfonamides is 1. The van der Waals surface area contributed by atoms with Gasteiger partial charge in [-0.25, -0.2) is 18.1 Å². The van der Waals surface area contributed by atoms with Gasteiger partial charge in [0.25, 0.3) is 5.56 Å². The van der Waals surface area contributed by atoms with Crippen LogP contribution in [0.5, 0.6) is 5.75 Å². The van der Waals surface area contributed by atoms with Gasteiger partial charge in [0.1, 0.15) is 0 Å². The molecule has 1 atom stereocenters. The quantitative estimate of drug-likeness (QED) is 0.394. The molecule has 10 heteroatoms. The zero-order valence-corrected chi connectivity index (χ0v) is 20.9. The molecule has 9 nitrogen and oxygen atoms in total. The normalized spacial score (nSPS) is 15.1. The number of ether oxygens (including phenoxy) is 1. The second-order valence-electron chi connectivity index (χ2n) is 8.79. The molecular formula is C26H28N4O5S. The third-order valence-electron chi connectivity index (χ3n) is 5.94. The van der Waals surface area contributed by atoms with Crippen molar-refractivity contribution in [1.29, 1.82) is 0 Å². The van der Waals surface area contributed by atoms with Gasteiger partial charge in [0.15, 0.2) is 0 Å². The van der Waals surface area contributed by atoms with E-state index in [1.807, 2.05) is 12.1 Å². The van der Waals surface area contributed by atoms with Crippen molar-refractivity contribution in [3.63, 3.8) is 0 Å². The Balaban J connectivity index is 1.44. The summed E-state index contributed by atoms with van der Waals surface area (Å²) < 4.78 is 31.7. The zero-order valence-electron chi connectivity index (χ0n) is 20.1. The Morgan fingerprint density at radius 1 is 1.14 bits per heavy atom. The largest absolute Gasteiger partial charge is 0.502 e. The van der Waals surface area contributed by atoms with Crippen molar-refractivity contribution in [1.82, 2.24) is 19.6 Å². The Labute approximate surface area is 210 Å². The molecule has 1 fully saturated rings. The number of hydrogen-bond donors (Lipinski definition) is 3. The van der Waals surface area contributed by atoms with Gasteiger partial charge in [-0.1, -0.05) is 36.1 Å². The first-order valence-electron chi connectivity index (χ1n) is 11.4. The minimum Gasteiger partial charge on any atom is -0.502 e. The smallest absolute Gasteiger partial charge is 0.293 e. The van der Waals surface area contributed by atoms with Crippen molar-refractivity contribution in [2.45, 2.75) is 25.1 Å². The van der Waals surface area contributed by atoms with Gasteiger partial charge in [-0.05, 0) is 35.4 Å². The Morgan fingerprint density at radius 2 is 1.75 bits per heavy atom. The lowest BCUT2D eigenvalue weighted by molar-refractivity contribution is -0.0333. The van der Waals surface area contributed by atoms with Gasteiger partial charge < -0.3 is 14.8 Å². The lowest BCUT2D eigenvalue weighted by Crippen LogP contribution is -2.50. The number of nitrogens with one attached hydrogen (secondary N) is 2. The second-order valence-corrected chi connectivity index (χ2v) is 10.6. The highest BCUT2D eigenvalue weighted by molar-refractivity contribution is 7.88. The van der Waals surface area contributed by atoms with E-state index in [1.165, 1.54) is 11.9 Å². The fraction of sp³-hybridized carbons (Fsp3) is 0.308. The maximum Gasteiger partial charge on any atom is 0.293 e. The molecular weight excluding hydrogens is 480 g/mol. The summed E-state index contributed by atoms with van der Waals surface area (Å²) in [6.45, 7) is 2.80. The van der Waals surface area contributed by atoms with E-state index in [2.05, 4.69) is 43.6 Å². The van der Waals surface area contributed by atoms with Crippen molar-refractivity contribution in [3.8, 4) is 17.6 Å². The number of benzene rings is 2. The van der Waals surface area contributed by atoms with Crippen molar-refractivity contribution in [3.05, 3.63) is 93.2 Å².